The molecule has 1 N–H and O–H groups in total. The van der Waals surface area contributed by atoms with Gasteiger partial charge in [-0.15, -0.1) is 0 Å². The van der Waals surface area contributed by atoms with Crippen LogP contribution < -0.4 is 10.9 Å². The van der Waals surface area contributed by atoms with Gasteiger partial charge < -0.3 is 5.32 Å². The zero-order valence-corrected chi connectivity index (χ0v) is 15.5. The van der Waals surface area contributed by atoms with E-state index in [9.17, 15) is 9.59 Å². The first-order chi connectivity index (χ1) is 13.1. The van der Waals surface area contributed by atoms with E-state index in [-0.39, 0.29) is 11.5 Å². The van der Waals surface area contributed by atoms with Crippen LogP contribution in [-0.4, -0.2) is 15.5 Å². The number of aromatic nitrogens is 2. The maximum absolute atomic E-state index is 12.8. The topological polar surface area (TPSA) is 64.0 Å². The molecule has 0 saturated heterocycles. The second kappa shape index (κ2) is 7.35. The highest BCUT2D eigenvalue weighted by Gasteiger charge is 2.15. The lowest BCUT2D eigenvalue weighted by molar-refractivity contribution is 0.0951. The summed E-state index contributed by atoms with van der Waals surface area (Å²) in [4.78, 5) is 30.1. The quantitative estimate of drug-likeness (QED) is 0.778. The number of rotatable bonds is 3. The zero-order chi connectivity index (χ0) is 18.8. The van der Waals surface area contributed by atoms with Gasteiger partial charge in [0, 0.05) is 25.1 Å². The average molecular weight is 361 g/mol. The predicted molar refractivity (Wildman–Crippen MR) is 106 cm³/mol. The van der Waals surface area contributed by atoms with Gasteiger partial charge in [-0.3, -0.25) is 14.2 Å². The molecule has 1 amide bonds. The summed E-state index contributed by atoms with van der Waals surface area (Å²) in [6.45, 7) is 3.24. The third-order valence-electron chi connectivity index (χ3n) is 5.28. The van der Waals surface area contributed by atoms with E-state index in [2.05, 4.69) is 5.32 Å². The largest absolute Gasteiger partial charge is 0.348 e. The van der Waals surface area contributed by atoms with E-state index >= 15 is 0 Å². The highest BCUT2D eigenvalue weighted by Crippen LogP contribution is 2.16. The Hall–Kier alpha value is -2.95. The number of amides is 1. The van der Waals surface area contributed by atoms with Crippen LogP contribution in [0.2, 0.25) is 0 Å². The summed E-state index contributed by atoms with van der Waals surface area (Å²) >= 11 is 0. The minimum absolute atomic E-state index is 0.00349. The number of nitrogens with zero attached hydrogens (tertiary/aromatic N) is 2. The number of carbonyl (C=O) groups excluding carboxylic acids is 1. The van der Waals surface area contributed by atoms with Gasteiger partial charge >= 0.3 is 0 Å². The average Bonchev–Trinajstić information content (AvgIpc) is 2.92. The van der Waals surface area contributed by atoms with Gasteiger partial charge in [0.05, 0.1) is 10.9 Å². The van der Waals surface area contributed by atoms with Crippen molar-refractivity contribution in [3.05, 3.63) is 75.3 Å². The maximum Gasteiger partial charge on any atom is 0.261 e. The second-order valence-corrected chi connectivity index (χ2v) is 7.14. The van der Waals surface area contributed by atoms with Crippen LogP contribution in [0.15, 0.2) is 47.3 Å². The molecule has 5 nitrogen and oxygen atoms in total. The summed E-state index contributed by atoms with van der Waals surface area (Å²) < 4.78 is 1.80. The fourth-order valence-electron chi connectivity index (χ4n) is 3.65. The molecular formula is C22H23N3O2. The highest BCUT2D eigenvalue weighted by molar-refractivity contribution is 5.97. The van der Waals surface area contributed by atoms with E-state index < -0.39 is 0 Å². The molecule has 1 aromatic heterocycles. The molecule has 0 bridgehead atoms. The van der Waals surface area contributed by atoms with E-state index in [0.717, 1.165) is 49.2 Å². The van der Waals surface area contributed by atoms with Crippen molar-refractivity contribution in [1.29, 1.82) is 0 Å². The molecule has 0 fully saturated rings. The summed E-state index contributed by atoms with van der Waals surface area (Å²) in [7, 11) is 0. The monoisotopic (exact) mass is 361 g/mol. The van der Waals surface area contributed by atoms with Gasteiger partial charge in [0.1, 0.15) is 5.82 Å². The van der Waals surface area contributed by atoms with Gasteiger partial charge in [0.15, 0.2) is 0 Å². The molecule has 4 rings (SSSR count). The molecule has 0 aliphatic carbocycles. The lowest BCUT2D eigenvalue weighted by Gasteiger charge is -2.11. The Morgan fingerprint density at radius 3 is 2.85 bits per heavy atom. The minimum atomic E-state index is -0.156. The van der Waals surface area contributed by atoms with Crippen LogP contribution in [-0.2, 0) is 19.5 Å². The molecule has 1 aliphatic rings. The molecule has 0 spiro atoms. The van der Waals surface area contributed by atoms with E-state index in [1.54, 1.807) is 22.8 Å². The number of benzene rings is 2. The lowest BCUT2D eigenvalue weighted by atomic mass is 10.1. The van der Waals surface area contributed by atoms with Gasteiger partial charge in [-0.05, 0) is 49.1 Å². The van der Waals surface area contributed by atoms with Gasteiger partial charge in [-0.2, -0.15) is 0 Å². The Bertz CT molecular complexity index is 1070. The molecule has 0 atom stereocenters. The SMILES string of the molecule is Cc1ccccc1CNC(=O)c1ccc2c(=O)n3c(nc2c1)CCCCC3. The summed E-state index contributed by atoms with van der Waals surface area (Å²) in [5.74, 6) is 0.680. The number of hydrogen-bond donors (Lipinski definition) is 1. The second-order valence-electron chi connectivity index (χ2n) is 7.14. The Kier molecular flexibility index (Phi) is 4.75. The number of fused-ring (bicyclic) bond motifs is 2. The molecule has 5 heteroatoms. The summed E-state index contributed by atoms with van der Waals surface area (Å²) in [6, 6.07) is 13.2. The van der Waals surface area contributed by atoms with Crippen molar-refractivity contribution in [2.24, 2.45) is 0 Å². The molecule has 1 aliphatic heterocycles. The Morgan fingerprint density at radius 1 is 1.15 bits per heavy atom. The van der Waals surface area contributed by atoms with E-state index in [4.69, 9.17) is 4.98 Å². The van der Waals surface area contributed by atoms with Crippen molar-refractivity contribution >= 4 is 16.8 Å². The fraction of sp³-hybridized carbons (Fsp3) is 0.318. The maximum atomic E-state index is 12.8. The predicted octanol–water partition coefficient (Wildman–Crippen LogP) is 3.36. The fourth-order valence-corrected chi connectivity index (χ4v) is 3.65. The number of aryl methyl sites for hydroxylation is 2. The molecule has 27 heavy (non-hydrogen) atoms. The normalized spacial score (nSPS) is 13.8. The van der Waals surface area contributed by atoms with E-state index in [0.29, 0.717) is 23.0 Å². The Labute approximate surface area is 158 Å². The van der Waals surface area contributed by atoms with Crippen LogP contribution in [0.4, 0.5) is 0 Å². The van der Waals surface area contributed by atoms with Gasteiger partial charge in [0.25, 0.3) is 11.5 Å². The summed E-state index contributed by atoms with van der Waals surface area (Å²) in [5, 5.41) is 3.54. The lowest BCUT2D eigenvalue weighted by Crippen LogP contribution is -2.26. The minimum Gasteiger partial charge on any atom is -0.348 e. The first-order valence-electron chi connectivity index (χ1n) is 9.49. The molecule has 3 aromatic rings. The van der Waals surface area contributed by atoms with Crippen molar-refractivity contribution in [2.45, 2.75) is 45.7 Å². The van der Waals surface area contributed by atoms with Crippen LogP contribution in [0.3, 0.4) is 0 Å². The van der Waals surface area contributed by atoms with Gasteiger partial charge in [-0.1, -0.05) is 30.7 Å². The third-order valence-corrected chi connectivity index (χ3v) is 5.28. The summed E-state index contributed by atoms with van der Waals surface area (Å²) in [6.07, 6.45) is 3.99. The van der Waals surface area contributed by atoms with Crippen LogP contribution in [0.5, 0.6) is 0 Å². The van der Waals surface area contributed by atoms with Gasteiger partial charge in [-0.25, -0.2) is 4.98 Å². The van der Waals surface area contributed by atoms with Crippen molar-refractivity contribution < 1.29 is 4.79 Å². The molecule has 0 radical (unpaired) electrons. The standard InChI is InChI=1S/C22H23N3O2/c1-15-7-4-5-8-17(15)14-23-21(26)16-10-11-18-19(13-16)24-20-9-3-2-6-12-25(20)22(18)27/h4-5,7-8,10-11,13H,2-3,6,9,12,14H2,1H3,(H,23,26). The number of nitrogens with one attached hydrogen (secondary N) is 1. The zero-order valence-electron chi connectivity index (χ0n) is 15.5. The van der Waals surface area contributed by atoms with Crippen LogP contribution in [0.25, 0.3) is 10.9 Å². The molecule has 0 unspecified atom stereocenters. The van der Waals surface area contributed by atoms with Crippen LogP contribution in [0.1, 0.15) is 46.6 Å². The van der Waals surface area contributed by atoms with Crippen LogP contribution >= 0.6 is 0 Å². The molecule has 0 saturated carbocycles. The molecular weight excluding hydrogens is 338 g/mol. The summed E-state index contributed by atoms with van der Waals surface area (Å²) in [5.41, 5.74) is 3.38. The number of hydrogen-bond acceptors (Lipinski definition) is 3. The van der Waals surface area contributed by atoms with Crippen molar-refractivity contribution in [2.75, 3.05) is 0 Å². The number of carbonyl (C=O) groups is 1. The molecule has 2 heterocycles. The van der Waals surface area contributed by atoms with Gasteiger partial charge in [0.2, 0.25) is 0 Å². The van der Waals surface area contributed by atoms with Crippen molar-refractivity contribution in [3.8, 4) is 0 Å². The smallest absolute Gasteiger partial charge is 0.261 e. The van der Waals surface area contributed by atoms with Crippen molar-refractivity contribution in [3.63, 3.8) is 0 Å². The molecule has 138 valence electrons. The van der Waals surface area contributed by atoms with E-state index in [1.807, 2.05) is 31.2 Å². The van der Waals surface area contributed by atoms with Crippen LogP contribution in [0, 0.1) is 6.92 Å². The Morgan fingerprint density at radius 2 is 2.00 bits per heavy atom. The first kappa shape index (κ1) is 17.5. The first-order valence-corrected chi connectivity index (χ1v) is 9.49. The third kappa shape index (κ3) is 3.50. The van der Waals surface area contributed by atoms with Crippen molar-refractivity contribution in [1.82, 2.24) is 14.9 Å². The van der Waals surface area contributed by atoms with E-state index in [1.165, 1.54) is 0 Å². The Balaban J connectivity index is 1.62. The highest BCUT2D eigenvalue weighted by atomic mass is 16.1. The molecule has 2 aromatic carbocycles.